The molecule has 0 spiro atoms. The Hall–Kier alpha value is -1.46. The highest BCUT2D eigenvalue weighted by Crippen LogP contribution is 2.52. The van der Waals surface area contributed by atoms with Crippen LogP contribution in [0.25, 0.3) is 0 Å². The van der Waals surface area contributed by atoms with Gasteiger partial charge in [0, 0.05) is 0 Å². The maximum Gasteiger partial charge on any atom is 0.233 e. The molecule has 2 fully saturated rings. The fourth-order valence-electron chi connectivity index (χ4n) is 3.89. The minimum Gasteiger partial charge on any atom is -0.387 e. The molecule has 5 atom stereocenters. The predicted molar refractivity (Wildman–Crippen MR) is 73.7 cm³/mol. The maximum absolute atomic E-state index is 12.5. The van der Waals surface area contributed by atoms with Gasteiger partial charge in [0.25, 0.3) is 0 Å². The van der Waals surface area contributed by atoms with Crippen molar-refractivity contribution in [2.75, 3.05) is 6.54 Å². The Kier molecular flexibility index (Phi) is 2.62. The zero-order valence-electron chi connectivity index (χ0n) is 10.8. The van der Waals surface area contributed by atoms with E-state index in [9.17, 15) is 14.7 Å². The van der Waals surface area contributed by atoms with Crippen molar-refractivity contribution in [1.82, 2.24) is 4.90 Å². The molecule has 1 aromatic heterocycles. The molecular formula is C15H15NO3S. The number of carbonyl (C=O) groups is 2. The van der Waals surface area contributed by atoms with Crippen molar-refractivity contribution in [3.05, 3.63) is 34.5 Å². The third kappa shape index (κ3) is 1.56. The van der Waals surface area contributed by atoms with E-state index in [1.54, 1.807) is 0 Å². The first kappa shape index (κ1) is 12.3. The number of amides is 2. The highest BCUT2D eigenvalue weighted by atomic mass is 32.1. The third-order valence-corrected chi connectivity index (χ3v) is 5.55. The van der Waals surface area contributed by atoms with Crippen LogP contribution in [0.3, 0.4) is 0 Å². The zero-order chi connectivity index (χ0) is 13.9. The molecule has 104 valence electrons. The molecular weight excluding hydrogens is 274 g/mol. The molecule has 5 heteroatoms. The van der Waals surface area contributed by atoms with Crippen molar-refractivity contribution in [3.63, 3.8) is 0 Å². The minimum atomic E-state index is -0.779. The summed E-state index contributed by atoms with van der Waals surface area (Å²) in [6, 6.07) is 1.83. The van der Waals surface area contributed by atoms with Gasteiger partial charge in [-0.2, -0.15) is 11.3 Å². The molecule has 2 aliphatic carbocycles. The number of fused-ring (bicyclic) bond motifs is 5. The van der Waals surface area contributed by atoms with Crippen LogP contribution < -0.4 is 0 Å². The maximum atomic E-state index is 12.5. The van der Waals surface area contributed by atoms with Crippen molar-refractivity contribution in [1.29, 1.82) is 0 Å². The van der Waals surface area contributed by atoms with Gasteiger partial charge in [0.05, 0.1) is 24.5 Å². The summed E-state index contributed by atoms with van der Waals surface area (Å²) in [5.74, 6) is -0.0777. The van der Waals surface area contributed by atoms with Gasteiger partial charge in [-0.1, -0.05) is 12.2 Å². The lowest BCUT2D eigenvalue weighted by atomic mass is 9.85. The summed E-state index contributed by atoms with van der Waals surface area (Å²) >= 11 is 1.50. The smallest absolute Gasteiger partial charge is 0.233 e. The van der Waals surface area contributed by atoms with E-state index < -0.39 is 6.10 Å². The number of thiophene rings is 1. The summed E-state index contributed by atoms with van der Waals surface area (Å²) in [6.07, 6.45) is 4.32. The van der Waals surface area contributed by atoms with Gasteiger partial charge in [-0.05, 0) is 40.6 Å². The lowest BCUT2D eigenvalue weighted by Crippen LogP contribution is -2.36. The van der Waals surface area contributed by atoms with Crippen molar-refractivity contribution < 1.29 is 14.7 Å². The molecule has 1 N–H and O–H groups in total. The second-order valence-corrected chi connectivity index (χ2v) is 6.64. The van der Waals surface area contributed by atoms with Crippen LogP contribution in [0.4, 0.5) is 0 Å². The number of hydrogen-bond donors (Lipinski definition) is 1. The molecule has 2 bridgehead atoms. The molecule has 0 aromatic carbocycles. The van der Waals surface area contributed by atoms with Crippen LogP contribution in [0.5, 0.6) is 0 Å². The SMILES string of the molecule is O=C1C2C3C=CC(C3)C2C(=O)N1CC(O)c1ccsc1. The Labute approximate surface area is 120 Å². The van der Waals surface area contributed by atoms with Crippen LogP contribution in [-0.2, 0) is 9.59 Å². The molecule has 4 rings (SSSR count). The number of allylic oxidation sites excluding steroid dienone is 2. The van der Waals surface area contributed by atoms with Crippen molar-refractivity contribution in [3.8, 4) is 0 Å². The van der Waals surface area contributed by atoms with E-state index in [0.29, 0.717) is 0 Å². The van der Waals surface area contributed by atoms with Crippen molar-refractivity contribution in [2.24, 2.45) is 23.7 Å². The summed E-state index contributed by atoms with van der Waals surface area (Å²) in [6.45, 7) is 0.0842. The van der Waals surface area contributed by atoms with E-state index in [-0.39, 0.29) is 42.0 Å². The van der Waals surface area contributed by atoms with Gasteiger partial charge in [-0.15, -0.1) is 0 Å². The van der Waals surface area contributed by atoms with Gasteiger partial charge in [0.15, 0.2) is 0 Å². The number of likely N-dealkylation sites (tertiary alicyclic amines) is 1. The predicted octanol–water partition coefficient (Wildman–Crippen LogP) is 1.59. The van der Waals surface area contributed by atoms with Crippen LogP contribution in [0.1, 0.15) is 18.1 Å². The Balaban J connectivity index is 1.56. The Morgan fingerprint density at radius 3 is 2.45 bits per heavy atom. The first-order valence-corrected chi connectivity index (χ1v) is 7.85. The quantitative estimate of drug-likeness (QED) is 0.679. The Morgan fingerprint density at radius 2 is 1.90 bits per heavy atom. The number of nitrogens with zero attached hydrogens (tertiary/aromatic N) is 1. The molecule has 20 heavy (non-hydrogen) atoms. The van der Waals surface area contributed by atoms with E-state index in [2.05, 4.69) is 12.2 Å². The molecule has 1 saturated carbocycles. The van der Waals surface area contributed by atoms with E-state index in [1.807, 2.05) is 16.8 Å². The van der Waals surface area contributed by atoms with Gasteiger partial charge in [0.2, 0.25) is 11.8 Å². The lowest BCUT2D eigenvalue weighted by Gasteiger charge is -2.20. The first-order valence-electron chi connectivity index (χ1n) is 6.90. The van der Waals surface area contributed by atoms with Crippen LogP contribution in [0.2, 0.25) is 0 Å². The molecule has 1 aromatic rings. The highest BCUT2D eigenvalue weighted by molar-refractivity contribution is 7.07. The fourth-order valence-corrected chi connectivity index (χ4v) is 4.59. The number of β-amino-alcohol motifs (C(OH)–C–C–N with tert-alkyl or cyclic N) is 1. The molecule has 3 aliphatic rings. The molecule has 5 unspecified atom stereocenters. The summed E-state index contributed by atoms with van der Waals surface area (Å²) in [7, 11) is 0. The van der Waals surface area contributed by atoms with Gasteiger partial charge in [-0.3, -0.25) is 14.5 Å². The number of imide groups is 1. The second-order valence-electron chi connectivity index (χ2n) is 5.86. The first-order chi connectivity index (χ1) is 9.66. The van der Waals surface area contributed by atoms with Gasteiger partial charge < -0.3 is 5.11 Å². The normalized spacial score (nSPS) is 36.0. The lowest BCUT2D eigenvalue weighted by molar-refractivity contribution is -0.142. The van der Waals surface area contributed by atoms with E-state index in [0.717, 1.165) is 12.0 Å². The molecule has 1 aliphatic heterocycles. The Bertz CT molecular complexity index is 564. The van der Waals surface area contributed by atoms with Crippen molar-refractivity contribution in [2.45, 2.75) is 12.5 Å². The Morgan fingerprint density at radius 1 is 1.25 bits per heavy atom. The number of aliphatic hydroxyl groups excluding tert-OH is 1. The molecule has 1 saturated heterocycles. The monoisotopic (exact) mass is 289 g/mol. The average molecular weight is 289 g/mol. The largest absolute Gasteiger partial charge is 0.387 e. The summed E-state index contributed by atoms with van der Waals surface area (Å²) in [5.41, 5.74) is 0.772. The van der Waals surface area contributed by atoms with Crippen molar-refractivity contribution >= 4 is 23.2 Å². The summed E-state index contributed by atoms with van der Waals surface area (Å²) in [5, 5.41) is 13.9. The molecule has 0 radical (unpaired) electrons. The van der Waals surface area contributed by atoms with Gasteiger partial charge in [-0.25, -0.2) is 0 Å². The van der Waals surface area contributed by atoms with E-state index >= 15 is 0 Å². The summed E-state index contributed by atoms with van der Waals surface area (Å²) < 4.78 is 0. The average Bonchev–Trinajstić information content (AvgIpc) is 3.18. The highest BCUT2D eigenvalue weighted by Gasteiger charge is 2.59. The molecule has 2 amide bonds. The number of rotatable bonds is 3. The second kappa shape index (κ2) is 4.27. The van der Waals surface area contributed by atoms with Gasteiger partial charge in [0.1, 0.15) is 0 Å². The number of hydrogen-bond acceptors (Lipinski definition) is 4. The summed E-state index contributed by atoms with van der Waals surface area (Å²) in [4.78, 5) is 26.2. The fraction of sp³-hybridized carbons (Fsp3) is 0.467. The number of aliphatic hydroxyl groups is 1. The van der Waals surface area contributed by atoms with Crippen LogP contribution in [0.15, 0.2) is 29.0 Å². The standard InChI is InChI=1S/C15H15NO3S/c17-11(10-3-4-20-7-10)6-16-14(18)12-8-1-2-9(5-8)13(12)15(16)19/h1-4,7-9,11-13,17H,5-6H2. The van der Waals surface area contributed by atoms with E-state index in [1.165, 1.54) is 16.2 Å². The van der Waals surface area contributed by atoms with Crippen LogP contribution in [-0.4, -0.2) is 28.4 Å². The van der Waals surface area contributed by atoms with Crippen LogP contribution in [0, 0.1) is 23.7 Å². The molecule has 2 heterocycles. The van der Waals surface area contributed by atoms with E-state index in [4.69, 9.17) is 0 Å². The van der Waals surface area contributed by atoms with Gasteiger partial charge >= 0.3 is 0 Å². The topological polar surface area (TPSA) is 57.6 Å². The third-order valence-electron chi connectivity index (χ3n) is 4.85. The minimum absolute atomic E-state index is 0.0842. The molecule has 4 nitrogen and oxygen atoms in total. The zero-order valence-corrected chi connectivity index (χ0v) is 11.6. The van der Waals surface area contributed by atoms with Crippen LogP contribution >= 0.6 is 11.3 Å². The number of carbonyl (C=O) groups excluding carboxylic acids is 2.